The maximum Gasteiger partial charge on any atom is 0.410 e. The van der Waals surface area contributed by atoms with Crippen molar-refractivity contribution in [2.45, 2.75) is 32.0 Å². The van der Waals surface area contributed by atoms with Gasteiger partial charge in [0.2, 0.25) is 5.91 Å². The predicted octanol–water partition coefficient (Wildman–Crippen LogP) is 2.80. The van der Waals surface area contributed by atoms with Crippen LogP contribution in [0.5, 0.6) is 0 Å². The van der Waals surface area contributed by atoms with E-state index in [0.717, 1.165) is 11.1 Å². The number of nitrogens with zero attached hydrogens (tertiary/aromatic N) is 2. The number of hydrogen-bond donors (Lipinski definition) is 1. The first kappa shape index (κ1) is 21.9. The Bertz CT molecular complexity index is 826. The van der Waals surface area contributed by atoms with Crippen molar-refractivity contribution in [3.8, 4) is 0 Å². The van der Waals surface area contributed by atoms with Gasteiger partial charge < -0.3 is 14.7 Å². The summed E-state index contributed by atoms with van der Waals surface area (Å²) in [6.45, 7) is 1.64. The van der Waals surface area contributed by atoms with Crippen LogP contribution < -0.4 is 0 Å². The lowest BCUT2D eigenvalue weighted by molar-refractivity contribution is -0.150. The van der Waals surface area contributed by atoms with Crippen molar-refractivity contribution in [1.82, 2.24) is 9.80 Å². The monoisotopic (exact) mass is 398 g/mol. The van der Waals surface area contributed by atoms with Crippen LogP contribution in [-0.4, -0.2) is 59.1 Å². The van der Waals surface area contributed by atoms with Crippen LogP contribution in [0.1, 0.15) is 18.1 Å². The minimum atomic E-state index is -1.11. The van der Waals surface area contributed by atoms with Crippen molar-refractivity contribution in [2.75, 3.05) is 14.1 Å². The van der Waals surface area contributed by atoms with E-state index in [1.165, 1.54) is 23.9 Å². The topological polar surface area (TPSA) is 87.2 Å². The standard InChI is InChI=1S/C22H26N2O5/c1-16(23(2)22(28)29-15-18-12-8-5-9-13-18)20(25)24(3)19(21(26)27)14-17-10-6-4-7-11-17/h4-13,16,19H,14-15H2,1-3H3,(H,26,27)/t16-,19-/m0/s1. The molecule has 0 aliphatic rings. The molecule has 0 radical (unpaired) electrons. The number of ether oxygens (including phenoxy) is 1. The summed E-state index contributed by atoms with van der Waals surface area (Å²) < 4.78 is 5.24. The minimum Gasteiger partial charge on any atom is -0.480 e. The average Bonchev–Trinajstić information content (AvgIpc) is 2.75. The number of likely N-dealkylation sites (N-methyl/N-ethyl adjacent to an activating group) is 2. The molecule has 0 unspecified atom stereocenters. The molecule has 7 nitrogen and oxygen atoms in total. The van der Waals surface area contributed by atoms with Crippen molar-refractivity contribution < 1.29 is 24.2 Å². The number of carboxylic acids is 1. The molecule has 0 aromatic heterocycles. The number of carbonyl (C=O) groups is 3. The summed E-state index contributed by atoms with van der Waals surface area (Å²) in [6, 6.07) is 16.4. The molecule has 0 bridgehead atoms. The van der Waals surface area contributed by atoms with E-state index in [2.05, 4.69) is 0 Å². The Hall–Kier alpha value is -3.35. The first-order valence-corrected chi connectivity index (χ1v) is 9.28. The van der Waals surface area contributed by atoms with Gasteiger partial charge in [0.05, 0.1) is 0 Å². The molecule has 0 aliphatic carbocycles. The highest BCUT2D eigenvalue weighted by Gasteiger charge is 2.32. The molecule has 2 amide bonds. The van der Waals surface area contributed by atoms with E-state index in [-0.39, 0.29) is 13.0 Å². The van der Waals surface area contributed by atoms with Gasteiger partial charge >= 0.3 is 12.1 Å². The highest BCUT2D eigenvalue weighted by Crippen LogP contribution is 2.12. The zero-order chi connectivity index (χ0) is 21.4. The number of benzene rings is 2. The molecule has 0 heterocycles. The highest BCUT2D eigenvalue weighted by molar-refractivity contribution is 5.89. The molecule has 29 heavy (non-hydrogen) atoms. The van der Waals surface area contributed by atoms with Crippen molar-refractivity contribution in [3.05, 3.63) is 71.8 Å². The molecule has 2 atom stereocenters. The van der Waals surface area contributed by atoms with Crippen LogP contribution in [0.4, 0.5) is 4.79 Å². The first-order chi connectivity index (χ1) is 13.8. The van der Waals surface area contributed by atoms with Crippen LogP contribution in [0, 0.1) is 0 Å². The van der Waals surface area contributed by atoms with E-state index in [9.17, 15) is 19.5 Å². The summed E-state index contributed by atoms with van der Waals surface area (Å²) in [5.41, 5.74) is 1.64. The fourth-order valence-electron chi connectivity index (χ4n) is 2.82. The summed E-state index contributed by atoms with van der Waals surface area (Å²) in [6.07, 6.45) is -0.481. The molecular weight excluding hydrogens is 372 g/mol. The van der Waals surface area contributed by atoms with Gasteiger partial charge in [0.25, 0.3) is 0 Å². The van der Waals surface area contributed by atoms with Crippen LogP contribution in [0.2, 0.25) is 0 Å². The molecular formula is C22H26N2O5. The van der Waals surface area contributed by atoms with Crippen molar-refractivity contribution in [2.24, 2.45) is 0 Å². The van der Waals surface area contributed by atoms with Gasteiger partial charge in [0.15, 0.2) is 0 Å². The number of aliphatic carboxylic acids is 1. The van der Waals surface area contributed by atoms with Crippen molar-refractivity contribution in [3.63, 3.8) is 0 Å². The summed E-state index contributed by atoms with van der Waals surface area (Å²) in [4.78, 5) is 39.2. The molecule has 1 N–H and O–H groups in total. The molecule has 0 saturated heterocycles. The fraction of sp³-hybridized carbons (Fsp3) is 0.318. The van der Waals surface area contributed by atoms with Gasteiger partial charge in [0, 0.05) is 20.5 Å². The lowest BCUT2D eigenvalue weighted by Crippen LogP contribution is -2.52. The molecule has 7 heteroatoms. The van der Waals surface area contributed by atoms with Gasteiger partial charge in [-0.05, 0) is 18.1 Å². The van der Waals surface area contributed by atoms with Gasteiger partial charge in [-0.3, -0.25) is 9.69 Å². The maximum atomic E-state index is 12.8. The van der Waals surface area contributed by atoms with E-state index >= 15 is 0 Å². The number of hydrogen-bond acceptors (Lipinski definition) is 4. The molecule has 2 rings (SSSR count). The van der Waals surface area contributed by atoms with Crippen molar-refractivity contribution in [1.29, 1.82) is 0 Å². The molecule has 154 valence electrons. The Balaban J connectivity index is 1.99. The normalized spacial score (nSPS) is 12.5. The van der Waals surface area contributed by atoms with Crippen LogP contribution in [0.15, 0.2) is 60.7 Å². The van der Waals surface area contributed by atoms with Crippen molar-refractivity contribution >= 4 is 18.0 Å². The zero-order valence-electron chi connectivity index (χ0n) is 16.8. The van der Waals surface area contributed by atoms with E-state index in [1.807, 2.05) is 60.7 Å². The molecule has 2 aromatic carbocycles. The third-order valence-electron chi connectivity index (χ3n) is 4.80. The first-order valence-electron chi connectivity index (χ1n) is 9.28. The summed E-state index contributed by atoms with van der Waals surface area (Å²) in [5.74, 6) is -1.58. The van der Waals surface area contributed by atoms with E-state index in [0.29, 0.717) is 0 Å². The second kappa shape index (κ2) is 10.3. The quantitative estimate of drug-likeness (QED) is 0.739. The zero-order valence-corrected chi connectivity index (χ0v) is 16.8. The van der Waals surface area contributed by atoms with Crippen LogP contribution in [0.25, 0.3) is 0 Å². The predicted molar refractivity (Wildman–Crippen MR) is 108 cm³/mol. The molecule has 0 saturated carbocycles. The summed E-state index contributed by atoms with van der Waals surface area (Å²) in [5, 5.41) is 9.59. The third kappa shape index (κ3) is 6.07. The molecule has 0 spiro atoms. The van der Waals surface area contributed by atoms with Gasteiger partial charge in [-0.25, -0.2) is 9.59 Å². The fourth-order valence-corrected chi connectivity index (χ4v) is 2.82. The Morgan fingerprint density at radius 1 is 0.897 bits per heavy atom. The number of amides is 2. The Morgan fingerprint density at radius 2 is 1.41 bits per heavy atom. The third-order valence-corrected chi connectivity index (χ3v) is 4.80. The minimum absolute atomic E-state index is 0.0898. The lowest BCUT2D eigenvalue weighted by atomic mass is 10.0. The van der Waals surface area contributed by atoms with Crippen LogP contribution in [-0.2, 0) is 27.4 Å². The molecule has 2 aromatic rings. The lowest BCUT2D eigenvalue weighted by Gasteiger charge is -2.31. The highest BCUT2D eigenvalue weighted by atomic mass is 16.6. The van der Waals surface area contributed by atoms with E-state index < -0.39 is 30.1 Å². The Morgan fingerprint density at radius 3 is 1.93 bits per heavy atom. The average molecular weight is 398 g/mol. The van der Waals surface area contributed by atoms with E-state index in [1.54, 1.807) is 6.92 Å². The maximum absolute atomic E-state index is 12.8. The summed E-state index contributed by atoms with van der Waals surface area (Å²) >= 11 is 0. The summed E-state index contributed by atoms with van der Waals surface area (Å²) in [7, 11) is 2.89. The number of rotatable bonds is 8. The number of carboxylic acid groups (broad SMARTS) is 1. The van der Waals surface area contributed by atoms with Gasteiger partial charge in [-0.2, -0.15) is 0 Å². The van der Waals surface area contributed by atoms with Gasteiger partial charge in [-0.15, -0.1) is 0 Å². The largest absolute Gasteiger partial charge is 0.480 e. The second-order valence-corrected chi connectivity index (χ2v) is 6.82. The molecule has 0 aliphatic heterocycles. The Kier molecular flexibility index (Phi) is 7.77. The van der Waals surface area contributed by atoms with E-state index in [4.69, 9.17) is 4.74 Å². The van der Waals surface area contributed by atoms with Crippen LogP contribution in [0.3, 0.4) is 0 Å². The smallest absolute Gasteiger partial charge is 0.410 e. The van der Waals surface area contributed by atoms with Crippen LogP contribution >= 0.6 is 0 Å². The number of carbonyl (C=O) groups excluding carboxylic acids is 2. The van der Waals surface area contributed by atoms with Gasteiger partial charge in [-0.1, -0.05) is 60.7 Å². The van der Waals surface area contributed by atoms with Gasteiger partial charge in [0.1, 0.15) is 18.7 Å². The Labute approximate surface area is 170 Å². The molecule has 0 fully saturated rings. The SMILES string of the molecule is C[C@@H](C(=O)N(C)[C@@H](Cc1ccccc1)C(=O)O)N(C)C(=O)OCc1ccccc1. The second-order valence-electron chi connectivity index (χ2n) is 6.82.